The minimum atomic E-state index is -0.347. The SMILES string of the molecule is CC(NC(=O)CNC(=O)c1ccc(N2CCCC2=O)cc1)c1ccccc1Cl. The maximum Gasteiger partial charge on any atom is 0.251 e. The first-order valence-corrected chi connectivity index (χ1v) is 9.56. The lowest BCUT2D eigenvalue weighted by atomic mass is 10.1. The lowest BCUT2D eigenvalue weighted by Crippen LogP contribution is -2.38. The van der Waals surface area contributed by atoms with Gasteiger partial charge in [-0.2, -0.15) is 0 Å². The van der Waals surface area contributed by atoms with Crippen molar-refractivity contribution < 1.29 is 14.4 Å². The molecule has 0 aliphatic carbocycles. The number of benzene rings is 2. The van der Waals surface area contributed by atoms with Gasteiger partial charge in [0.25, 0.3) is 5.91 Å². The Balaban J connectivity index is 1.51. The van der Waals surface area contributed by atoms with Gasteiger partial charge in [0.05, 0.1) is 12.6 Å². The number of amides is 3. The molecule has 2 N–H and O–H groups in total. The lowest BCUT2D eigenvalue weighted by Gasteiger charge is -2.16. The van der Waals surface area contributed by atoms with Crippen molar-refractivity contribution in [1.82, 2.24) is 10.6 Å². The molecule has 0 radical (unpaired) electrons. The van der Waals surface area contributed by atoms with Crippen molar-refractivity contribution in [3.8, 4) is 0 Å². The topological polar surface area (TPSA) is 78.5 Å². The molecule has 1 aliphatic heterocycles. The van der Waals surface area contributed by atoms with Crippen LogP contribution < -0.4 is 15.5 Å². The van der Waals surface area contributed by atoms with E-state index in [1.165, 1.54) is 0 Å². The molecule has 0 spiro atoms. The normalized spacial score (nSPS) is 14.6. The highest BCUT2D eigenvalue weighted by atomic mass is 35.5. The monoisotopic (exact) mass is 399 g/mol. The molecule has 6 nitrogen and oxygen atoms in total. The molecule has 1 aliphatic rings. The molecule has 2 aromatic rings. The van der Waals surface area contributed by atoms with Gasteiger partial charge in [-0.25, -0.2) is 0 Å². The first-order chi connectivity index (χ1) is 13.5. The minimum absolute atomic E-state index is 0.0986. The van der Waals surface area contributed by atoms with Gasteiger partial charge in [-0.05, 0) is 49.2 Å². The quantitative estimate of drug-likeness (QED) is 0.783. The summed E-state index contributed by atoms with van der Waals surface area (Å²) in [6.45, 7) is 2.40. The summed E-state index contributed by atoms with van der Waals surface area (Å²) < 4.78 is 0. The average molecular weight is 400 g/mol. The van der Waals surface area contributed by atoms with E-state index in [0.29, 0.717) is 23.6 Å². The van der Waals surface area contributed by atoms with Crippen molar-refractivity contribution in [3.63, 3.8) is 0 Å². The molecular formula is C21H22ClN3O3. The Morgan fingerprint density at radius 3 is 2.50 bits per heavy atom. The van der Waals surface area contributed by atoms with Gasteiger partial charge in [-0.15, -0.1) is 0 Å². The predicted molar refractivity (Wildman–Crippen MR) is 108 cm³/mol. The van der Waals surface area contributed by atoms with Crippen molar-refractivity contribution >= 4 is 35.0 Å². The summed E-state index contributed by atoms with van der Waals surface area (Å²) in [6, 6.07) is 13.8. The van der Waals surface area contributed by atoms with Crippen LogP contribution in [0.2, 0.25) is 5.02 Å². The molecule has 2 aromatic carbocycles. The Kier molecular flexibility index (Phi) is 6.31. The molecule has 1 atom stereocenters. The molecule has 0 bridgehead atoms. The summed E-state index contributed by atoms with van der Waals surface area (Å²) >= 11 is 6.13. The number of carbonyl (C=O) groups excluding carboxylic acids is 3. The summed E-state index contributed by atoms with van der Waals surface area (Å²) in [4.78, 5) is 37.9. The van der Waals surface area contributed by atoms with Crippen LogP contribution in [0.5, 0.6) is 0 Å². The molecule has 1 heterocycles. The second kappa shape index (κ2) is 8.89. The standard InChI is InChI=1S/C21H22ClN3O3/c1-14(17-5-2-3-6-18(17)22)24-19(26)13-23-21(28)15-8-10-16(11-9-15)25-12-4-7-20(25)27/h2-3,5-6,8-11,14H,4,7,12-13H2,1H3,(H,23,28)(H,24,26). The molecule has 1 unspecified atom stereocenters. The smallest absolute Gasteiger partial charge is 0.251 e. The number of nitrogens with one attached hydrogen (secondary N) is 2. The van der Waals surface area contributed by atoms with E-state index < -0.39 is 0 Å². The number of anilines is 1. The van der Waals surface area contributed by atoms with Crippen molar-refractivity contribution in [2.24, 2.45) is 0 Å². The van der Waals surface area contributed by atoms with Crippen molar-refractivity contribution in [1.29, 1.82) is 0 Å². The predicted octanol–water partition coefficient (Wildman–Crippen LogP) is 3.07. The van der Waals surface area contributed by atoms with Crippen LogP contribution in [-0.2, 0) is 9.59 Å². The van der Waals surface area contributed by atoms with E-state index in [0.717, 1.165) is 17.7 Å². The van der Waals surface area contributed by atoms with Crippen LogP contribution in [0, 0.1) is 0 Å². The van der Waals surface area contributed by atoms with Gasteiger partial charge < -0.3 is 15.5 Å². The fraction of sp³-hybridized carbons (Fsp3) is 0.286. The van der Waals surface area contributed by atoms with E-state index in [1.807, 2.05) is 25.1 Å². The summed E-state index contributed by atoms with van der Waals surface area (Å²) in [5.41, 5.74) is 2.03. The van der Waals surface area contributed by atoms with Crippen LogP contribution in [-0.4, -0.2) is 30.8 Å². The summed E-state index contributed by atoms with van der Waals surface area (Å²) in [5.74, 6) is -0.554. The Labute approximate surface area is 168 Å². The van der Waals surface area contributed by atoms with E-state index >= 15 is 0 Å². The summed E-state index contributed by atoms with van der Waals surface area (Å²) in [7, 11) is 0. The van der Waals surface area contributed by atoms with Crippen molar-refractivity contribution in [2.45, 2.75) is 25.8 Å². The minimum Gasteiger partial charge on any atom is -0.348 e. The lowest BCUT2D eigenvalue weighted by molar-refractivity contribution is -0.120. The number of hydrogen-bond acceptors (Lipinski definition) is 3. The van der Waals surface area contributed by atoms with E-state index in [1.54, 1.807) is 35.2 Å². The third-order valence-corrected chi connectivity index (χ3v) is 5.02. The summed E-state index contributed by atoms with van der Waals surface area (Å²) in [5, 5.41) is 6.00. The molecule has 0 saturated carbocycles. The number of nitrogens with zero attached hydrogens (tertiary/aromatic N) is 1. The number of rotatable bonds is 6. The number of halogens is 1. The number of hydrogen-bond donors (Lipinski definition) is 2. The molecule has 1 saturated heterocycles. The van der Waals surface area contributed by atoms with Crippen LogP contribution in [0.4, 0.5) is 5.69 Å². The van der Waals surface area contributed by atoms with Crippen molar-refractivity contribution in [2.75, 3.05) is 18.0 Å². The molecule has 146 valence electrons. The van der Waals surface area contributed by atoms with Crippen LogP contribution in [0.25, 0.3) is 0 Å². The molecule has 0 aromatic heterocycles. The van der Waals surface area contributed by atoms with Crippen molar-refractivity contribution in [3.05, 3.63) is 64.7 Å². The van der Waals surface area contributed by atoms with Gasteiger partial charge in [0.15, 0.2) is 0 Å². The van der Waals surface area contributed by atoms with E-state index in [9.17, 15) is 14.4 Å². The van der Waals surface area contributed by atoms with Gasteiger partial charge >= 0.3 is 0 Å². The van der Waals surface area contributed by atoms with Crippen LogP contribution in [0.1, 0.15) is 41.7 Å². The Hall–Kier alpha value is -2.86. The Bertz CT molecular complexity index is 883. The van der Waals surface area contributed by atoms with Gasteiger partial charge in [0.1, 0.15) is 0 Å². The molecular weight excluding hydrogens is 378 g/mol. The first kappa shape index (κ1) is 19.9. The zero-order valence-corrected chi connectivity index (χ0v) is 16.3. The van der Waals surface area contributed by atoms with Crippen LogP contribution >= 0.6 is 11.6 Å². The van der Waals surface area contributed by atoms with E-state index in [-0.39, 0.29) is 30.3 Å². The highest BCUT2D eigenvalue weighted by molar-refractivity contribution is 6.31. The second-order valence-electron chi connectivity index (χ2n) is 6.69. The Morgan fingerprint density at radius 1 is 1.14 bits per heavy atom. The van der Waals surface area contributed by atoms with Gasteiger partial charge in [0, 0.05) is 29.2 Å². The molecule has 3 amide bonds. The third-order valence-electron chi connectivity index (χ3n) is 4.67. The van der Waals surface area contributed by atoms with Crippen LogP contribution in [0.15, 0.2) is 48.5 Å². The second-order valence-corrected chi connectivity index (χ2v) is 7.10. The molecule has 28 heavy (non-hydrogen) atoms. The van der Waals surface area contributed by atoms with Gasteiger partial charge in [-0.1, -0.05) is 29.8 Å². The third kappa shape index (κ3) is 4.70. The zero-order valence-electron chi connectivity index (χ0n) is 15.6. The average Bonchev–Trinajstić information content (AvgIpc) is 3.12. The van der Waals surface area contributed by atoms with Gasteiger partial charge in [0.2, 0.25) is 11.8 Å². The number of carbonyl (C=O) groups is 3. The van der Waals surface area contributed by atoms with Crippen LogP contribution in [0.3, 0.4) is 0 Å². The molecule has 7 heteroatoms. The highest BCUT2D eigenvalue weighted by Gasteiger charge is 2.21. The highest BCUT2D eigenvalue weighted by Crippen LogP contribution is 2.22. The largest absolute Gasteiger partial charge is 0.348 e. The first-order valence-electron chi connectivity index (χ1n) is 9.18. The fourth-order valence-electron chi connectivity index (χ4n) is 3.17. The zero-order chi connectivity index (χ0) is 20.1. The van der Waals surface area contributed by atoms with Gasteiger partial charge in [-0.3, -0.25) is 14.4 Å². The molecule has 3 rings (SSSR count). The Morgan fingerprint density at radius 2 is 1.86 bits per heavy atom. The molecule has 1 fully saturated rings. The van der Waals surface area contributed by atoms with E-state index in [2.05, 4.69) is 10.6 Å². The maximum absolute atomic E-state index is 12.3. The fourth-order valence-corrected chi connectivity index (χ4v) is 3.47. The summed E-state index contributed by atoms with van der Waals surface area (Å²) in [6.07, 6.45) is 1.41. The van der Waals surface area contributed by atoms with E-state index in [4.69, 9.17) is 11.6 Å². The maximum atomic E-state index is 12.3.